The highest BCUT2D eigenvalue weighted by Crippen LogP contribution is 2.60. The van der Waals surface area contributed by atoms with Crippen LogP contribution in [0, 0.1) is 0 Å². The molecule has 54 valence electrons. The molecule has 0 amide bonds. The zero-order valence-electron chi connectivity index (χ0n) is 3.98. The van der Waals surface area contributed by atoms with Gasteiger partial charge in [0.15, 0.2) is 0 Å². The lowest BCUT2D eigenvalue weighted by atomic mass is 13.8. The number of nitrogens with one attached hydrogen (secondary N) is 3. The van der Waals surface area contributed by atoms with Crippen molar-refractivity contribution in [2.75, 3.05) is 0 Å². The molecule has 0 aromatic rings. The van der Waals surface area contributed by atoms with Crippen LogP contribution in [0.1, 0.15) is 0 Å². The van der Waals surface area contributed by atoms with E-state index in [1.54, 1.807) is 0 Å². The smallest absolute Gasteiger partial charge is 0.145 e. The van der Waals surface area contributed by atoms with Gasteiger partial charge in [0, 0.05) is 0 Å². The lowest BCUT2D eigenvalue weighted by molar-refractivity contribution is 1.42. The summed E-state index contributed by atoms with van der Waals surface area (Å²) < 4.78 is 0. The highest BCUT2D eigenvalue weighted by molar-refractivity contribution is 8.06. The molecule has 3 N–H and O–H groups in total. The van der Waals surface area contributed by atoms with Gasteiger partial charge in [-0.25, -0.2) is 14.6 Å². The molecule has 0 aliphatic carbocycles. The molecule has 0 bridgehead atoms. The Morgan fingerprint density at radius 2 is 0.889 bits per heavy atom. The van der Waals surface area contributed by atoms with E-state index in [9.17, 15) is 0 Å². The van der Waals surface area contributed by atoms with Gasteiger partial charge in [-0.05, 0) is 0 Å². The molecule has 1 aliphatic heterocycles. The molecule has 1 rings (SSSR count). The minimum absolute atomic E-state index is 0.867. The van der Waals surface area contributed by atoms with Crippen LogP contribution in [0.25, 0.3) is 0 Å². The predicted octanol–water partition coefficient (Wildman–Crippen LogP) is 3.17. The molecule has 0 radical (unpaired) electrons. The van der Waals surface area contributed by atoms with E-state index in [0.29, 0.717) is 0 Å². The molecule has 1 aliphatic rings. The van der Waals surface area contributed by atoms with Crippen molar-refractivity contribution in [1.82, 2.24) is 14.6 Å². The summed E-state index contributed by atoms with van der Waals surface area (Å²) in [6, 6.07) is 0. The van der Waals surface area contributed by atoms with Gasteiger partial charge in [-0.1, -0.05) is 33.7 Å². The average Bonchev–Trinajstić information content (AvgIpc) is 1.59. The molecule has 1 saturated heterocycles. The Hall–Kier alpha value is 2.04. The van der Waals surface area contributed by atoms with Crippen molar-refractivity contribution in [3.8, 4) is 0 Å². The summed E-state index contributed by atoms with van der Waals surface area (Å²) in [6.45, 7) is 0. The average molecular weight is 244 g/mol. The molecule has 1 heterocycles. The summed E-state index contributed by atoms with van der Waals surface area (Å²) >= 11 is 17.0. The monoisotopic (exact) mass is 243 g/mol. The second-order valence-corrected chi connectivity index (χ2v) is 8.27. The molecule has 0 saturated carbocycles. The Bertz CT molecular complexity index is 75.3. The maximum atomic E-state index is 5.67. The highest BCUT2D eigenvalue weighted by atomic mass is 35.7. The number of hydrogen-bond donors (Lipinski definition) is 3. The van der Waals surface area contributed by atoms with E-state index in [-0.39, 0.29) is 0 Å². The molecular formula is H3Cl3N3P3. The van der Waals surface area contributed by atoms with Crippen molar-refractivity contribution in [2.45, 2.75) is 0 Å². The molecule has 9 heteroatoms. The second-order valence-electron chi connectivity index (χ2n) is 1.14. The van der Waals surface area contributed by atoms with Crippen LogP contribution in [0.3, 0.4) is 0 Å². The minimum Gasteiger partial charge on any atom is -0.223 e. The molecule has 9 heavy (non-hydrogen) atoms. The zero-order chi connectivity index (χ0) is 6.85. The Labute approximate surface area is 71.1 Å². The van der Waals surface area contributed by atoms with Crippen molar-refractivity contribution in [3.63, 3.8) is 0 Å². The second kappa shape index (κ2) is 4.16. The summed E-state index contributed by atoms with van der Waals surface area (Å²) in [5, 5.41) is 0. The van der Waals surface area contributed by atoms with Gasteiger partial charge in [-0.3, -0.25) is 0 Å². The summed E-state index contributed by atoms with van der Waals surface area (Å²) in [5.41, 5.74) is 0. The molecule has 0 unspecified atom stereocenters. The van der Waals surface area contributed by atoms with Gasteiger partial charge in [0.25, 0.3) is 0 Å². The van der Waals surface area contributed by atoms with Crippen LogP contribution in [-0.4, -0.2) is 0 Å². The van der Waals surface area contributed by atoms with Crippen LogP contribution in [0.5, 0.6) is 0 Å². The number of hydrogen-bond acceptors (Lipinski definition) is 3. The van der Waals surface area contributed by atoms with Crippen molar-refractivity contribution < 1.29 is 0 Å². The third-order valence-electron chi connectivity index (χ3n) is 0.527. The van der Waals surface area contributed by atoms with Gasteiger partial charge < -0.3 is 0 Å². The fourth-order valence-corrected chi connectivity index (χ4v) is 9.02. The Morgan fingerprint density at radius 3 is 1.11 bits per heavy atom. The van der Waals surface area contributed by atoms with E-state index in [4.69, 9.17) is 33.7 Å². The quantitative estimate of drug-likeness (QED) is 0.573. The lowest BCUT2D eigenvalue weighted by Crippen LogP contribution is -2.19. The summed E-state index contributed by atoms with van der Waals surface area (Å²) in [7, 11) is -2.60. The fraction of sp³-hybridized carbons (Fsp3) is 0. The molecule has 0 atom stereocenters. The van der Waals surface area contributed by atoms with Crippen molar-refractivity contribution >= 4 is 56.4 Å². The minimum atomic E-state index is -0.867. The van der Waals surface area contributed by atoms with Gasteiger partial charge >= 0.3 is 0 Å². The van der Waals surface area contributed by atoms with Crippen LogP contribution in [0.15, 0.2) is 0 Å². The molecule has 3 nitrogen and oxygen atoms in total. The standard InChI is InChI=1S/Cl3H3N3P3/c1-7-4-8(2)6-9(3)5-7/h4-6H. The summed E-state index contributed by atoms with van der Waals surface area (Å²) in [4.78, 5) is 8.64. The largest absolute Gasteiger partial charge is 0.223 e. The molecule has 1 fully saturated rings. The third-order valence-corrected chi connectivity index (χ3v) is 8.82. The van der Waals surface area contributed by atoms with Crippen molar-refractivity contribution in [2.24, 2.45) is 0 Å². The van der Waals surface area contributed by atoms with E-state index in [1.807, 2.05) is 0 Å². The van der Waals surface area contributed by atoms with E-state index >= 15 is 0 Å². The van der Waals surface area contributed by atoms with Crippen LogP contribution < -0.4 is 14.6 Å². The van der Waals surface area contributed by atoms with Gasteiger partial charge in [0.2, 0.25) is 0 Å². The first-order valence-electron chi connectivity index (χ1n) is 1.85. The molecule has 0 spiro atoms. The highest BCUT2D eigenvalue weighted by Gasteiger charge is 2.23. The number of halogens is 3. The van der Waals surface area contributed by atoms with Crippen LogP contribution in [-0.2, 0) is 0 Å². The molecule has 0 aromatic carbocycles. The van der Waals surface area contributed by atoms with E-state index < -0.39 is 22.7 Å². The Balaban J connectivity index is 2.34. The van der Waals surface area contributed by atoms with Crippen molar-refractivity contribution in [1.29, 1.82) is 0 Å². The first-order chi connectivity index (χ1) is 4.18. The fourth-order valence-electron chi connectivity index (χ4n) is 0.298. The van der Waals surface area contributed by atoms with Gasteiger partial charge in [-0.2, -0.15) is 0 Å². The molecular weight excluding hydrogens is 241 g/mol. The van der Waals surface area contributed by atoms with Gasteiger partial charge in [-0.15, -0.1) is 0 Å². The van der Waals surface area contributed by atoms with E-state index in [2.05, 4.69) is 14.6 Å². The topological polar surface area (TPSA) is 36.1 Å². The Morgan fingerprint density at radius 1 is 0.667 bits per heavy atom. The van der Waals surface area contributed by atoms with E-state index in [0.717, 1.165) is 0 Å². The number of rotatable bonds is 0. The molecule has 0 aromatic heterocycles. The van der Waals surface area contributed by atoms with Crippen LogP contribution in [0.2, 0.25) is 0 Å². The first kappa shape index (κ1) is 9.13. The maximum Gasteiger partial charge on any atom is 0.145 e. The maximum absolute atomic E-state index is 5.67. The van der Waals surface area contributed by atoms with E-state index in [1.165, 1.54) is 0 Å². The lowest BCUT2D eigenvalue weighted by Gasteiger charge is -2.26. The van der Waals surface area contributed by atoms with Crippen LogP contribution >= 0.6 is 56.4 Å². The summed E-state index contributed by atoms with van der Waals surface area (Å²) in [6.07, 6.45) is 0. The Kier molecular flexibility index (Phi) is 4.22. The summed E-state index contributed by atoms with van der Waals surface area (Å²) in [5.74, 6) is 0. The SMILES string of the molecule is ClP1NP(Cl)NP(Cl)N1. The van der Waals surface area contributed by atoms with Crippen molar-refractivity contribution in [3.05, 3.63) is 0 Å². The van der Waals surface area contributed by atoms with Gasteiger partial charge in [0.05, 0.1) is 0 Å². The van der Waals surface area contributed by atoms with Gasteiger partial charge in [0.1, 0.15) is 22.7 Å². The zero-order valence-corrected chi connectivity index (χ0v) is 8.93. The van der Waals surface area contributed by atoms with Crippen LogP contribution in [0.4, 0.5) is 0 Å². The predicted molar refractivity (Wildman–Crippen MR) is 47.7 cm³/mol. The first-order valence-corrected chi connectivity index (χ1v) is 8.59. The normalized spacial score (nSPS) is 45.0. The third kappa shape index (κ3) is 3.29.